The summed E-state index contributed by atoms with van der Waals surface area (Å²) in [6.07, 6.45) is -1.92. The number of methoxy groups -OCH3 is 1. The van der Waals surface area contributed by atoms with Crippen molar-refractivity contribution in [2.75, 3.05) is 7.11 Å². The van der Waals surface area contributed by atoms with E-state index in [2.05, 4.69) is 9.72 Å². The number of ether oxygens (including phenoxy) is 1. The molecule has 0 aliphatic rings. The Balaban J connectivity index is 3.53. The summed E-state index contributed by atoms with van der Waals surface area (Å²) in [4.78, 5) is 14.9. The van der Waals surface area contributed by atoms with Crippen LogP contribution < -0.4 is 5.73 Å². The Bertz CT molecular complexity index is 483. The second kappa shape index (κ2) is 5.32. The largest absolute Gasteiger partial charge is 0.465 e. The molecule has 0 aromatic carbocycles. The second-order valence-electron chi connectivity index (χ2n) is 3.02. The maximum absolute atomic E-state index is 12.8. The van der Waals surface area contributed by atoms with Gasteiger partial charge in [0, 0.05) is 12.7 Å². The Labute approximate surface area is 95.8 Å². The average Bonchev–Trinajstić information content (AvgIpc) is 2.35. The number of alkyl halides is 2. The lowest BCUT2D eigenvalue weighted by atomic mass is 10.0. The summed E-state index contributed by atoms with van der Waals surface area (Å²) in [5.41, 5.74) is 3.80. The SMILES string of the molecule is COC(=O)c1cnc(CN)c(C(F)F)c1C#N. The minimum Gasteiger partial charge on any atom is -0.465 e. The predicted octanol–water partition coefficient (Wildman–Crippen LogP) is 1.14. The van der Waals surface area contributed by atoms with E-state index in [0.29, 0.717) is 0 Å². The van der Waals surface area contributed by atoms with E-state index in [9.17, 15) is 13.6 Å². The van der Waals surface area contributed by atoms with Gasteiger partial charge in [-0.3, -0.25) is 4.98 Å². The number of carbonyl (C=O) groups is 1. The van der Waals surface area contributed by atoms with Crippen LogP contribution in [0.5, 0.6) is 0 Å². The first-order chi connectivity index (χ1) is 8.06. The van der Waals surface area contributed by atoms with Crippen LogP contribution in [0, 0.1) is 11.3 Å². The second-order valence-corrected chi connectivity index (χ2v) is 3.02. The van der Waals surface area contributed by atoms with Crippen LogP contribution in [0.1, 0.15) is 33.6 Å². The van der Waals surface area contributed by atoms with Crippen LogP contribution in [0.15, 0.2) is 6.20 Å². The van der Waals surface area contributed by atoms with Gasteiger partial charge in [-0.05, 0) is 0 Å². The highest BCUT2D eigenvalue weighted by Gasteiger charge is 2.24. The van der Waals surface area contributed by atoms with Gasteiger partial charge >= 0.3 is 5.97 Å². The molecule has 0 spiro atoms. The molecule has 90 valence electrons. The number of hydrogen-bond donors (Lipinski definition) is 1. The van der Waals surface area contributed by atoms with E-state index in [1.807, 2.05) is 0 Å². The molecular weight excluding hydrogens is 232 g/mol. The van der Waals surface area contributed by atoms with Crippen LogP contribution in [-0.2, 0) is 11.3 Å². The Morgan fingerprint density at radius 1 is 1.71 bits per heavy atom. The van der Waals surface area contributed by atoms with Gasteiger partial charge in [-0.2, -0.15) is 5.26 Å². The van der Waals surface area contributed by atoms with E-state index in [1.165, 1.54) is 0 Å². The van der Waals surface area contributed by atoms with Gasteiger partial charge in [0.25, 0.3) is 6.43 Å². The minimum atomic E-state index is -2.93. The molecule has 1 aromatic rings. The standard InChI is InChI=1S/C10H9F2N3O2/c1-17-10(16)6-4-15-7(3-14)8(9(11)12)5(6)2-13/h4,9H,3,14H2,1H3. The first kappa shape index (κ1) is 13.0. The average molecular weight is 241 g/mol. The van der Waals surface area contributed by atoms with Crippen molar-refractivity contribution in [3.05, 3.63) is 28.6 Å². The Kier molecular flexibility index (Phi) is 4.06. The number of nitriles is 1. The molecule has 0 saturated heterocycles. The Hall–Kier alpha value is -2.07. The third-order valence-corrected chi connectivity index (χ3v) is 2.13. The molecule has 7 heteroatoms. The van der Waals surface area contributed by atoms with E-state index in [-0.39, 0.29) is 17.8 Å². The van der Waals surface area contributed by atoms with Crippen LogP contribution in [-0.4, -0.2) is 18.1 Å². The van der Waals surface area contributed by atoms with E-state index >= 15 is 0 Å². The van der Waals surface area contributed by atoms with Gasteiger partial charge in [0.15, 0.2) is 0 Å². The molecule has 0 amide bonds. The molecule has 0 aliphatic heterocycles. The molecular formula is C10H9F2N3O2. The molecule has 5 nitrogen and oxygen atoms in total. The van der Waals surface area contributed by atoms with Gasteiger partial charge in [-0.1, -0.05) is 0 Å². The zero-order valence-corrected chi connectivity index (χ0v) is 8.91. The van der Waals surface area contributed by atoms with Gasteiger partial charge in [-0.25, -0.2) is 13.6 Å². The molecule has 1 rings (SSSR count). The summed E-state index contributed by atoms with van der Waals surface area (Å²) in [7, 11) is 1.09. The summed E-state index contributed by atoms with van der Waals surface area (Å²) in [5, 5.41) is 8.85. The first-order valence-electron chi connectivity index (χ1n) is 4.55. The van der Waals surface area contributed by atoms with Crippen molar-refractivity contribution in [3.8, 4) is 6.07 Å². The van der Waals surface area contributed by atoms with Crippen LogP contribution >= 0.6 is 0 Å². The van der Waals surface area contributed by atoms with Crippen molar-refractivity contribution in [1.82, 2.24) is 4.98 Å². The van der Waals surface area contributed by atoms with Crippen molar-refractivity contribution in [1.29, 1.82) is 5.26 Å². The van der Waals surface area contributed by atoms with E-state index in [4.69, 9.17) is 11.0 Å². The van der Waals surface area contributed by atoms with Gasteiger partial charge < -0.3 is 10.5 Å². The fourth-order valence-electron chi connectivity index (χ4n) is 1.35. The maximum atomic E-state index is 12.8. The predicted molar refractivity (Wildman–Crippen MR) is 53.1 cm³/mol. The van der Waals surface area contributed by atoms with Crippen LogP contribution in [0.25, 0.3) is 0 Å². The molecule has 0 aliphatic carbocycles. The lowest BCUT2D eigenvalue weighted by molar-refractivity contribution is 0.0599. The molecule has 2 N–H and O–H groups in total. The van der Waals surface area contributed by atoms with Crippen molar-refractivity contribution in [3.63, 3.8) is 0 Å². The number of rotatable bonds is 3. The van der Waals surface area contributed by atoms with Crippen molar-refractivity contribution >= 4 is 5.97 Å². The highest BCUT2D eigenvalue weighted by Crippen LogP contribution is 2.27. The normalized spacial score (nSPS) is 10.1. The van der Waals surface area contributed by atoms with Crippen LogP contribution in [0.2, 0.25) is 0 Å². The first-order valence-corrected chi connectivity index (χ1v) is 4.55. The number of carbonyl (C=O) groups excluding carboxylic acids is 1. The molecule has 0 bridgehead atoms. The van der Waals surface area contributed by atoms with Gasteiger partial charge in [-0.15, -0.1) is 0 Å². The summed E-state index contributed by atoms with van der Waals surface area (Å²) in [5.74, 6) is -0.889. The Morgan fingerprint density at radius 3 is 2.76 bits per heavy atom. The molecule has 0 radical (unpaired) electrons. The number of hydrogen-bond acceptors (Lipinski definition) is 5. The number of nitrogens with two attached hydrogens (primary N) is 1. The lowest BCUT2D eigenvalue weighted by Gasteiger charge is -2.10. The molecule has 0 atom stereocenters. The van der Waals surface area contributed by atoms with Crippen LogP contribution in [0.3, 0.4) is 0 Å². The third-order valence-electron chi connectivity index (χ3n) is 2.13. The number of aromatic nitrogens is 1. The van der Waals surface area contributed by atoms with E-state index in [1.54, 1.807) is 6.07 Å². The molecule has 0 fully saturated rings. The third kappa shape index (κ3) is 2.37. The van der Waals surface area contributed by atoms with Crippen molar-refractivity contribution in [2.45, 2.75) is 13.0 Å². The lowest BCUT2D eigenvalue weighted by Crippen LogP contribution is -2.13. The van der Waals surface area contributed by atoms with Gasteiger partial charge in [0.05, 0.1) is 29.5 Å². The fourth-order valence-corrected chi connectivity index (χ4v) is 1.35. The smallest absolute Gasteiger partial charge is 0.340 e. The highest BCUT2D eigenvalue weighted by molar-refractivity contribution is 5.92. The molecule has 0 saturated carbocycles. The van der Waals surface area contributed by atoms with Crippen molar-refractivity contribution in [2.24, 2.45) is 5.73 Å². The maximum Gasteiger partial charge on any atom is 0.340 e. The molecule has 1 aromatic heterocycles. The zero-order valence-electron chi connectivity index (χ0n) is 8.91. The summed E-state index contributed by atoms with van der Waals surface area (Å²) in [6.45, 7) is -0.240. The quantitative estimate of drug-likeness (QED) is 0.801. The van der Waals surface area contributed by atoms with Gasteiger partial charge in [0.1, 0.15) is 6.07 Å². The van der Waals surface area contributed by atoms with Gasteiger partial charge in [0.2, 0.25) is 0 Å². The number of esters is 1. The monoisotopic (exact) mass is 241 g/mol. The number of nitrogens with zero attached hydrogens (tertiary/aromatic N) is 2. The summed E-state index contributed by atoms with van der Waals surface area (Å²) < 4.78 is 30.0. The highest BCUT2D eigenvalue weighted by atomic mass is 19.3. The Morgan fingerprint density at radius 2 is 2.35 bits per heavy atom. The number of halogens is 2. The fraction of sp³-hybridized carbons (Fsp3) is 0.300. The zero-order chi connectivity index (χ0) is 13.0. The van der Waals surface area contributed by atoms with Crippen LogP contribution in [0.4, 0.5) is 8.78 Å². The number of pyridine rings is 1. The molecule has 0 unspecified atom stereocenters. The summed E-state index contributed by atoms with van der Waals surface area (Å²) >= 11 is 0. The van der Waals surface area contributed by atoms with E-state index in [0.717, 1.165) is 13.3 Å². The molecule has 17 heavy (non-hydrogen) atoms. The topological polar surface area (TPSA) is 89.0 Å². The molecule has 1 heterocycles. The minimum absolute atomic E-state index is 0.107. The van der Waals surface area contributed by atoms with Crippen molar-refractivity contribution < 1.29 is 18.3 Å². The summed E-state index contributed by atoms with van der Waals surface area (Å²) in [6, 6.07) is 1.56. The van der Waals surface area contributed by atoms with E-state index < -0.39 is 23.5 Å².